The summed E-state index contributed by atoms with van der Waals surface area (Å²) in [6, 6.07) is 20.1. The topological polar surface area (TPSA) is 63.7 Å². The standard InChI is InChI=1S/C20H17N3O3/c24-20(23-13-14-25-18-7-4-12-21-19(18)23)22-15-8-10-17(11-9-15)26-16-5-2-1-3-6-16/h1-12H,13-14H2,(H,22,24). The highest BCUT2D eigenvalue weighted by Crippen LogP contribution is 2.29. The first-order chi connectivity index (χ1) is 12.8. The van der Waals surface area contributed by atoms with E-state index in [9.17, 15) is 4.79 Å². The fourth-order valence-corrected chi connectivity index (χ4v) is 2.67. The van der Waals surface area contributed by atoms with Crippen LogP contribution >= 0.6 is 0 Å². The molecule has 130 valence electrons. The third-order valence-electron chi connectivity index (χ3n) is 3.91. The number of amides is 2. The first-order valence-electron chi connectivity index (χ1n) is 8.29. The number of nitrogens with one attached hydrogen (secondary N) is 1. The smallest absolute Gasteiger partial charge is 0.327 e. The van der Waals surface area contributed by atoms with Gasteiger partial charge in [-0.15, -0.1) is 0 Å². The van der Waals surface area contributed by atoms with Crippen LogP contribution in [0.25, 0.3) is 0 Å². The minimum absolute atomic E-state index is 0.245. The number of anilines is 2. The van der Waals surface area contributed by atoms with Gasteiger partial charge >= 0.3 is 6.03 Å². The van der Waals surface area contributed by atoms with Crippen LogP contribution in [0.2, 0.25) is 0 Å². The Hall–Kier alpha value is -3.54. The van der Waals surface area contributed by atoms with E-state index in [0.717, 1.165) is 5.75 Å². The van der Waals surface area contributed by atoms with Crippen LogP contribution in [-0.4, -0.2) is 24.2 Å². The average Bonchev–Trinajstić information content (AvgIpc) is 2.70. The predicted molar refractivity (Wildman–Crippen MR) is 99.1 cm³/mol. The van der Waals surface area contributed by atoms with Crippen LogP contribution in [0.5, 0.6) is 17.2 Å². The predicted octanol–water partition coefficient (Wildman–Crippen LogP) is 4.30. The van der Waals surface area contributed by atoms with Crippen LogP contribution in [0.3, 0.4) is 0 Å². The Morgan fingerprint density at radius 1 is 1.00 bits per heavy atom. The highest BCUT2D eigenvalue weighted by molar-refractivity contribution is 6.02. The van der Waals surface area contributed by atoms with Crippen molar-refractivity contribution in [2.75, 3.05) is 23.4 Å². The van der Waals surface area contributed by atoms with Gasteiger partial charge in [0, 0.05) is 11.9 Å². The molecule has 0 saturated carbocycles. The summed E-state index contributed by atoms with van der Waals surface area (Å²) in [5, 5.41) is 2.88. The molecule has 2 amide bonds. The van der Waals surface area contributed by atoms with E-state index in [1.807, 2.05) is 42.5 Å². The fourth-order valence-electron chi connectivity index (χ4n) is 2.67. The molecule has 2 aromatic carbocycles. The number of para-hydroxylation sites is 1. The van der Waals surface area contributed by atoms with Crippen molar-refractivity contribution in [1.29, 1.82) is 0 Å². The lowest BCUT2D eigenvalue weighted by molar-refractivity contribution is 0.249. The maximum atomic E-state index is 12.6. The van der Waals surface area contributed by atoms with Crippen LogP contribution in [0, 0.1) is 0 Å². The van der Waals surface area contributed by atoms with Gasteiger partial charge in [0.2, 0.25) is 0 Å². The third-order valence-corrected chi connectivity index (χ3v) is 3.91. The van der Waals surface area contributed by atoms with E-state index in [1.54, 1.807) is 35.4 Å². The Labute approximate surface area is 151 Å². The number of hydrogen-bond donors (Lipinski definition) is 1. The summed E-state index contributed by atoms with van der Waals surface area (Å²) in [5.41, 5.74) is 0.680. The molecule has 0 fully saturated rings. The Morgan fingerprint density at radius 2 is 1.77 bits per heavy atom. The molecule has 0 radical (unpaired) electrons. The number of ether oxygens (including phenoxy) is 2. The van der Waals surface area contributed by atoms with Crippen LogP contribution in [0.1, 0.15) is 0 Å². The van der Waals surface area contributed by atoms with E-state index in [1.165, 1.54) is 0 Å². The molecular formula is C20H17N3O3. The van der Waals surface area contributed by atoms with Gasteiger partial charge in [-0.2, -0.15) is 0 Å². The summed E-state index contributed by atoms with van der Waals surface area (Å²) in [6.07, 6.45) is 1.64. The van der Waals surface area contributed by atoms with Gasteiger partial charge in [-0.25, -0.2) is 9.78 Å². The van der Waals surface area contributed by atoms with Crippen LogP contribution in [0.4, 0.5) is 16.3 Å². The number of fused-ring (bicyclic) bond motifs is 1. The second kappa shape index (κ2) is 7.14. The van der Waals surface area contributed by atoms with Crippen molar-refractivity contribution < 1.29 is 14.3 Å². The summed E-state index contributed by atoms with van der Waals surface area (Å²) >= 11 is 0. The number of rotatable bonds is 3. The van der Waals surface area contributed by atoms with E-state index in [-0.39, 0.29) is 6.03 Å². The zero-order valence-corrected chi connectivity index (χ0v) is 14.0. The first-order valence-corrected chi connectivity index (χ1v) is 8.29. The highest BCUT2D eigenvalue weighted by Gasteiger charge is 2.24. The van der Waals surface area contributed by atoms with Gasteiger partial charge in [-0.3, -0.25) is 4.90 Å². The molecule has 0 saturated heterocycles. The molecule has 1 aliphatic rings. The number of carbonyl (C=O) groups is 1. The Morgan fingerprint density at radius 3 is 2.58 bits per heavy atom. The van der Waals surface area contributed by atoms with Crippen molar-refractivity contribution in [3.63, 3.8) is 0 Å². The fraction of sp³-hybridized carbons (Fsp3) is 0.100. The first kappa shape index (κ1) is 16.0. The molecule has 0 bridgehead atoms. The van der Waals surface area contributed by atoms with Crippen molar-refractivity contribution in [2.24, 2.45) is 0 Å². The lowest BCUT2D eigenvalue weighted by Gasteiger charge is -2.28. The Bertz CT molecular complexity index is 898. The Kier molecular flexibility index (Phi) is 4.38. The molecular weight excluding hydrogens is 330 g/mol. The van der Waals surface area contributed by atoms with E-state index >= 15 is 0 Å². The molecule has 3 aromatic rings. The van der Waals surface area contributed by atoms with Gasteiger partial charge in [-0.05, 0) is 48.5 Å². The van der Waals surface area contributed by atoms with Crippen molar-refractivity contribution in [3.8, 4) is 17.2 Å². The zero-order chi connectivity index (χ0) is 17.8. The molecule has 6 heteroatoms. The summed E-state index contributed by atoms with van der Waals surface area (Å²) < 4.78 is 11.3. The molecule has 6 nitrogen and oxygen atoms in total. The largest absolute Gasteiger partial charge is 0.488 e. The monoisotopic (exact) mass is 347 g/mol. The number of nitrogens with zero attached hydrogens (tertiary/aromatic N) is 2. The molecule has 0 atom stereocenters. The minimum Gasteiger partial charge on any atom is -0.488 e. The third kappa shape index (κ3) is 3.44. The second-order valence-electron chi connectivity index (χ2n) is 5.69. The van der Waals surface area contributed by atoms with E-state index in [2.05, 4.69) is 10.3 Å². The number of urea groups is 1. The van der Waals surface area contributed by atoms with Crippen LogP contribution in [-0.2, 0) is 0 Å². The lowest BCUT2D eigenvalue weighted by Crippen LogP contribution is -2.41. The van der Waals surface area contributed by atoms with Gasteiger partial charge < -0.3 is 14.8 Å². The molecule has 1 N–H and O–H groups in total. The molecule has 26 heavy (non-hydrogen) atoms. The summed E-state index contributed by atoms with van der Waals surface area (Å²) in [7, 11) is 0. The number of pyridine rings is 1. The molecule has 0 unspecified atom stereocenters. The van der Waals surface area contributed by atoms with Gasteiger partial charge in [-0.1, -0.05) is 18.2 Å². The molecule has 1 aliphatic heterocycles. The second-order valence-corrected chi connectivity index (χ2v) is 5.69. The van der Waals surface area contributed by atoms with E-state index in [4.69, 9.17) is 9.47 Å². The number of aromatic nitrogens is 1. The van der Waals surface area contributed by atoms with Gasteiger partial charge in [0.05, 0.1) is 6.54 Å². The quantitative estimate of drug-likeness (QED) is 0.767. The molecule has 4 rings (SSSR count). The zero-order valence-electron chi connectivity index (χ0n) is 14.0. The maximum absolute atomic E-state index is 12.6. The van der Waals surface area contributed by atoms with Crippen molar-refractivity contribution in [1.82, 2.24) is 4.98 Å². The number of hydrogen-bond acceptors (Lipinski definition) is 4. The average molecular weight is 347 g/mol. The normalized spacial score (nSPS) is 12.7. The van der Waals surface area contributed by atoms with Crippen LogP contribution < -0.4 is 19.7 Å². The maximum Gasteiger partial charge on any atom is 0.327 e. The Balaban J connectivity index is 1.44. The summed E-state index contributed by atoms with van der Waals surface area (Å²) in [5.74, 6) is 2.61. The van der Waals surface area contributed by atoms with E-state index < -0.39 is 0 Å². The highest BCUT2D eigenvalue weighted by atomic mass is 16.5. The van der Waals surface area contributed by atoms with Crippen LogP contribution in [0.15, 0.2) is 72.9 Å². The van der Waals surface area contributed by atoms with Crippen molar-refractivity contribution in [3.05, 3.63) is 72.9 Å². The van der Waals surface area contributed by atoms with Gasteiger partial charge in [0.25, 0.3) is 0 Å². The SMILES string of the molecule is O=C(Nc1ccc(Oc2ccccc2)cc1)N1CCOc2cccnc21. The lowest BCUT2D eigenvalue weighted by atomic mass is 10.3. The van der Waals surface area contributed by atoms with Gasteiger partial charge in [0.1, 0.15) is 18.1 Å². The van der Waals surface area contributed by atoms with Gasteiger partial charge in [0.15, 0.2) is 11.6 Å². The molecule has 0 spiro atoms. The van der Waals surface area contributed by atoms with E-state index in [0.29, 0.717) is 36.2 Å². The summed E-state index contributed by atoms with van der Waals surface area (Å²) in [4.78, 5) is 18.4. The summed E-state index contributed by atoms with van der Waals surface area (Å²) in [6.45, 7) is 0.890. The molecule has 2 heterocycles. The molecule has 0 aliphatic carbocycles. The minimum atomic E-state index is -0.245. The molecule has 1 aromatic heterocycles. The van der Waals surface area contributed by atoms with Crippen molar-refractivity contribution in [2.45, 2.75) is 0 Å². The van der Waals surface area contributed by atoms with Crippen molar-refractivity contribution >= 4 is 17.5 Å². The number of benzene rings is 2. The number of carbonyl (C=O) groups excluding carboxylic acids is 1.